The van der Waals surface area contributed by atoms with E-state index in [4.69, 9.17) is 47.4 Å². The minimum Gasteiger partial charge on any atom is -0.348 e. The zero-order chi connectivity index (χ0) is 37.8. The molecule has 0 aromatic rings. The fraction of sp³-hybridized carbons (Fsp3) is 0.882. The molecule has 52 heavy (non-hydrogen) atoms. The Balaban J connectivity index is 1.19. The molecule has 7 fully saturated rings. The van der Waals surface area contributed by atoms with E-state index in [2.05, 4.69) is 21.3 Å². The third kappa shape index (κ3) is 6.95. The summed E-state index contributed by atoms with van der Waals surface area (Å²) in [6.45, 7) is 17.3. The van der Waals surface area contributed by atoms with Crippen LogP contribution in [0.2, 0.25) is 0 Å². The standard InChI is InChI=1S/C34H52N4O14/c1-15-27(41)37-33(25-23(47-31(7,8)51-25)21(49-33)17-13-43-29(3,4)45-17)12-20(40)36-16(2)28(42)38-34(11-19(39)35-15)26-24(48-32(9,10)52-26)22(50-34)18-14-44-30(5,6)46-18/h15-18,21-26H,11-14H2,1-10H3,(H,35,39)(H,36,40)(H,37,41)(H,38,42)/t15-,16-,17+,18+,21+,22+,23-,24-,25-,26-,33+,34+/m0/s1. The summed E-state index contributed by atoms with van der Waals surface area (Å²) in [5.41, 5.74) is -3.57. The van der Waals surface area contributed by atoms with Gasteiger partial charge in [0.1, 0.15) is 60.9 Å². The lowest BCUT2D eigenvalue weighted by molar-refractivity contribution is -0.234. The molecule has 18 heteroatoms. The molecular formula is C34H52N4O14. The largest absolute Gasteiger partial charge is 0.348 e. The van der Waals surface area contributed by atoms with Gasteiger partial charge in [0, 0.05) is 0 Å². The molecule has 0 radical (unpaired) electrons. The average Bonchev–Trinajstić information content (AvgIpc) is 3.82. The highest BCUT2D eigenvalue weighted by Crippen LogP contribution is 2.49. The highest BCUT2D eigenvalue weighted by molar-refractivity contribution is 5.91. The van der Waals surface area contributed by atoms with Gasteiger partial charge in [-0.25, -0.2) is 0 Å². The second-order valence-corrected chi connectivity index (χ2v) is 16.6. The predicted molar refractivity (Wildman–Crippen MR) is 173 cm³/mol. The Morgan fingerprint density at radius 3 is 1.17 bits per heavy atom. The summed E-state index contributed by atoms with van der Waals surface area (Å²) in [5, 5.41) is 11.2. The van der Waals surface area contributed by atoms with Crippen molar-refractivity contribution in [3.05, 3.63) is 0 Å². The average molecular weight is 741 g/mol. The number of carbonyl (C=O) groups excluding carboxylic acids is 4. The first-order chi connectivity index (χ1) is 24.0. The smallest absolute Gasteiger partial charge is 0.244 e. The minimum atomic E-state index is -1.78. The molecule has 0 aromatic carbocycles. The third-order valence-electron chi connectivity index (χ3n) is 10.4. The van der Waals surface area contributed by atoms with Gasteiger partial charge in [0.05, 0.1) is 26.1 Å². The fourth-order valence-corrected chi connectivity index (χ4v) is 8.26. The van der Waals surface area contributed by atoms with Crippen molar-refractivity contribution >= 4 is 23.6 Å². The topological polar surface area (TPSA) is 209 Å². The van der Waals surface area contributed by atoms with E-state index in [9.17, 15) is 19.2 Å². The van der Waals surface area contributed by atoms with Gasteiger partial charge in [0.25, 0.3) is 0 Å². The van der Waals surface area contributed by atoms with Crippen LogP contribution in [0, 0.1) is 0 Å². The van der Waals surface area contributed by atoms with Crippen LogP contribution in [0.5, 0.6) is 0 Å². The number of nitrogens with one attached hydrogen (secondary N) is 4. The van der Waals surface area contributed by atoms with Crippen LogP contribution < -0.4 is 21.3 Å². The van der Waals surface area contributed by atoms with Gasteiger partial charge in [-0.15, -0.1) is 0 Å². The second-order valence-electron chi connectivity index (χ2n) is 16.6. The van der Waals surface area contributed by atoms with Gasteiger partial charge in [-0.1, -0.05) is 0 Å². The molecule has 18 nitrogen and oxygen atoms in total. The molecule has 7 heterocycles. The molecule has 0 unspecified atom stereocenters. The van der Waals surface area contributed by atoms with Crippen LogP contribution in [0.1, 0.15) is 82.1 Å². The first-order valence-corrected chi connectivity index (χ1v) is 17.9. The van der Waals surface area contributed by atoms with E-state index in [1.165, 1.54) is 13.8 Å². The Labute approximate surface area is 302 Å². The van der Waals surface area contributed by atoms with Gasteiger partial charge < -0.3 is 68.6 Å². The molecule has 7 rings (SSSR count). The van der Waals surface area contributed by atoms with Crippen molar-refractivity contribution < 1.29 is 66.5 Å². The van der Waals surface area contributed by atoms with E-state index in [0.717, 1.165) is 0 Å². The summed E-state index contributed by atoms with van der Waals surface area (Å²) in [6, 6.07) is -2.30. The van der Waals surface area contributed by atoms with Crippen LogP contribution in [0.25, 0.3) is 0 Å². The lowest BCUT2D eigenvalue weighted by atomic mass is 9.95. The van der Waals surface area contributed by atoms with Crippen LogP contribution in [0.4, 0.5) is 0 Å². The van der Waals surface area contributed by atoms with Gasteiger partial charge in [-0.2, -0.15) is 0 Å². The van der Waals surface area contributed by atoms with Crippen molar-refractivity contribution in [2.45, 2.75) is 178 Å². The number of hydrogen-bond acceptors (Lipinski definition) is 14. The van der Waals surface area contributed by atoms with E-state index in [-0.39, 0.29) is 13.2 Å². The van der Waals surface area contributed by atoms with Gasteiger partial charge in [-0.3, -0.25) is 19.2 Å². The number of ether oxygens (including phenoxy) is 10. The number of hydrogen-bond donors (Lipinski definition) is 4. The number of carbonyl (C=O) groups is 4. The molecule has 2 spiro atoms. The van der Waals surface area contributed by atoms with E-state index < -0.39 is 132 Å². The fourth-order valence-electron chi connectivity index (χ4n) is 8.26. The summed E-state index contributed by atoms with van der Waals surface area (Å²) in [6.07, 6.45) is -7.32. The monoisotopic (exact) mass is 740 g/mol. The van der Waals surface area contributed by atoms with E-state index in [1.54, 1.807) is 55.4 Å². The summed E-state index contributed by atoms with van der Waals surface area (Å²) in [5.74, 6) is -6.61. The molecule has 0 saturated carbocycles. The molecule has 292 valence electrons. The Bertz CT molecular complexity index is 1380. The predicted octanol–water partition coefficient (Wildman–Crippen LogP) is -0.445. The molecule has 4 N–H and O–H groups in total. The number of rotatable bonds is 2. The molecule has 7 aliphatic rings. The van der Waals surface area contributed by atoms with Crippen LogP contribution >= 0.6 is 0 Å². The van der Waals surface area contributed by atoms with Gasteiger partial charge in [0.15, 0.2) is 34.6 Å². The third-order valence-corrected chi connectivity index (χ3v) is 10.4. The van der Waals surface area contributed by atoms with Crippen molar-refractivity contribution in [3.63, 3.8) is 0 Å². The highest BCUT2D eigenvalue weighted by Gasteiger charge is 2.68. The molecular weight excluding hydrogens is 688 g/mol. The van der Waals surface area contributed by atoms with Crippen molar-refractivity contribution in [2.75, 3.05) is 13.2 Å². The van der Waals surface area contributed by atoms with Crippen molar-refractivity contribution in [1.29, 1.82) is 0 Å². The van der Waals surface area contributed by atoms with Crippen molar-refractivity contribution in [2.24, 2.45) is 0 Å². The summed E-state index contributed by atoms with van der Waals surface area (Å²) in [7, 11) is 0. The van der Waals surface area contributed by atoms with Gasteiger partial charge in [0.2, 0.25) is 23.6 Å². The molecule has 12 atom stereocenters. The highest BCUT2D eigenvalue weighted by atomic mass is 16.8. The Morgan fingerprint density at radius 1 is 0.481 bits per heavy atom. The summed E-state index contributed by atoms with van der Waals surface area (Å²) in [4.78, 5) is 55.8. The molecule has 4 amide bonds. The van der Waals surface area contributed by atoms with E-state index in [1.807, 2.05) is 0 Å². The Hall–Kier alpha value is -2.52. The van der Waals surface area contributed by atoms with Crippen LogP contribution in [-0.4, -0.2) is 132 Å². The first-order valence-electron chi connectivity index (χ1n) is 17.9. The molecule has 7 saturated heterocycles. The number of fused-ring (bicyclic) bond motifs is 4. The zero-order valence-corrected chi connectivity index (χ0v) is 31.3. The first kappa shape index (κ1) is 37.8. The lowest BCUT2D eigenvalue weighted by Gasteiger charge is -2.38. The molecule has 0 aliphatic carbocycles. The van der Waals surface area contributed by atoms with Crippen LogP contribution in [0.3, 0.4) is 0 Å². The lowest BCUT2D eigenvalue weighted by Crippen LogP contribution is -2.65. The molecule has 0 aromatic heterocycles. The number of amides is 4. The van der Waals surface area contributed by atoms with Crippen LogP contribution in [0.15, 0.2) is 0 Å². The molecule has 7 aliphatic heterocycles. The second kappa shape index (κ2) is 12.5. The maximum atomic E-state index is 14.0. The normalized spacial score (nSPS) is 46.7. The van der Waals surface area contributed by atoms with Gasteiger partial charge in [-0.05, 0) is 69.2 Å². The van der Waals surface area contributed by atoms with Crippen LogP contribution in [-0.2, 0) is 66.5 Å². The van der Waals surface area contributed by atoms with Gasteiger partial charge >= 0.3 is 0 Å². The quantitative estimate of drug-likeness (QED) is 0.283. The van der Waals surface area contributed by atoms with Crippen molar-refractivity contribution in [3.8, 4) is 0 Å². The summed E-state index contributed by atoms with van der Waals surface area (Å²) >= 11 is 0. The van der Waals surface area contributed by atoms with E-state index in [0.29, 0.717) is 0 Å². The van der Waals surface area contributed by atoms with Crippen molar-refractivity contribution in [1.82, 2.24) is 21.3 Å². The zero-order valence-electron chi connectivity index (χ0n) is 31.3. The molecule has 0 bridgehead atoms. The van der Waals surface area contributed by atoms with E-state index >= 15 is 0 Å². The maximum absolute atomic E-state index is 14.0. The minimum absolute atomic E-state index is 0.167. The summed E-state index contributed by atoms with van der Waals surface area (Å²) < 4.78 is 62.1. The Morgan fingerprint density at radius 2 is 0.846 bits per heavy atom. The maximum Gasteiger partial charge on any atom is 0.244 e. The Kier molecular flexibility index (Phi) is 9.09. The SMILES string of the molecule is C[C@@H]1NC(=O)C[C@@]2(NC(=O)[C@H](C)NC(=O)C[C@@]3(NC1=O)O[C@H]([C@H]1COC(C)(C)O1)[C@@H]1OC(C)(C)O[C@@H]13)O[C@H]([C@H]1COC(C)(C)O1)[C@@H]1OC(C)(C)O[C@@H]12.